The molecule has 2 N–H and O–H groups in total. The molecule has 148 valence electrons. The number of H-pyrrole nitrogens is 1. The normalized spacial score (nSPS) is 24.1. The number of nitrogens with one attached hydrogen (secondary N) is 2. The summed E-state index contributed by atoms with van der Waals surface area (Å²) in [6.45, 7) is 6.04. The molecule has 2 saturated heterocycles. The van der Waals surface area contributed by atoms with Gasteiger partial charge in [-0.3, -0.25) is 4.79 Å². The zero-order chi connectivity index (χ0) is 19.7. The minimum atomic E-state index is -0.134. The van der Waals surface area contributed by atoms with Crippen LogP contribution in [0.5, 0.6) is 0 Å². The number of likely N-dealkylation sites (tertiary alicyclic amines) is 1. The van der Waals surface area contributed by atoms with Crippen molar-refractivity contribution in [3.63, 3.8) is 0 Å². The topological polar surface area (TPSA) is 74.4 Å². The van der Waals surface area contributed by atoms with Gasteiger partial charge in [-0.05, 0) is 37.5 Å². The highest BCUT2D eigenvalue weighted by atomic mass is 16.5. The maximum atomic E-state index is 13.0. The van der Waals surface area contributed by atoms with E-state index in [1.165, 1.54) is 5.56 Å². The molecule has 0 saturated carbocycles. The second-order valence-corrected chi connectivity index (χ2v) is 7.87. The fourth-order valence-electron chi connectivity index (χ4n) is 4.66. The zero-order valence-corrected chi connectivity index (χ0v) is 16.4. The van der Waals surface area contributed by atoms with Crippen LogP contribution < -0.4 is 10.9 Å². The molecule has 2 aliphatic rings. The third-order valence-corrected chi connectivity index (χ3v) is 6.07. The lowest BCUT2D eigenvalue weighted by atomic mass is 9.84. The highest BCUT2D eigenvalue weighted by molar-refractivity contribution is 5.75. The molecule has 0 spiro atoms. The summed E-state index contributed by atoms with van der Waals surface area (Å²) in [6.07, 6.45) is 0.853. The van der Waals surface area contributed by atoms with E-state index in [0.717, 1.165) is 17.7 Å². The summed E-state index contributed by atoms with van der Waals surface area (Å²) < 4.78 is 5.73. The fourth-order valence-corrected chi connectivity index (χ4v) is 4.66. The fraction of sp³-hybridized carbons (Fsp3) is 0.455. The number of aryl methyl sites for hydroxylation is 2. The lowest BCUT2D eigenvalue weighted by Crippen LogP contribution is -2.46. The number of fused-ring (bicyclic) bond motifs is 1. The Morgan fingerprint density at radius 3 is 2.82 bits per heavy atom. The Balaban J connectivity index is 1.50. The average molecular weight is 381 g/mol. The van der Waals surface area contributed by atoms with Crippen molar-refractivity contribution in [3.05, 3.63) is 69.1 Å². The second-order valence-electron chi connectivity index (χ2n) is 7.87. The van der Waals surface area contributed by atoms with Crippen LogP contribution in [0.2, 0.25) is 0 Å². The standard InChI is InChI=1S/C22H27N3O3/c1-14-10-15(2)24-21(26)17(14)11-23-22(27)25-12-18(16-6-4-3-5-7-16)19-13-28-9-8-20(19)25/h3-7,10,18-20H,8-9,11-13H2,1-2H3,(H,23,27)(H,24,26)/t18-,19-,20+/m1/s1. The molecule has 0 radical (unpaired) electrons. The number of pyridine rings is 1. The van der Waals surface area contributed by atoms with Crippen molar-refractivity contribution in [1.82, 2.24) is 15.2 Å². The van der Waals surface area contributed by atoms with Crippen molar-refractivity contribution in [2.24, 2.45) is 5.92 Å². The van der Waals surface area contributed by atoms with Crippen LogP contribution in [-0.4, -0.2) is 41.7 Å². The Bertz CT molecular complexity index is 909. The molecule has 4 rings (SSSR count). The Hall–Kier alpha value is -2.60. The molecule has 3 atom stereocenters. The molecule has 6 heteroatoms. The van der Waals surface area contributed by atoms with Gasteiger partial charge >= 0.3 is 6.03 Å². The van der Waals surface area contributed by atoms with E-state index in [0.29, 0.717) is 31.2 Å². The molecule has 6 nitrogen and oxygen atoms in total. The number of amides is 2. The summed E-state index contributed by atoms with van der Waals surface area (Å²) in [5.41, 5.74) is 3.46. The zero-order valence-electron chi connectivity index (χ0n) is 16.4. The van der Waals surface area contributed by atoms with Crippen molar-refractivity contribution in [2.45, 2.75) is 38.8 Å². The molecule has 1 aromatic heterocycles. The SMILES string of the molecule is Cc1cc(C)c(CNC(=O)N2C[C@H](c3ccccc3)[C@H]3COCC[C@@H]32)c(=O)[nH]1. The van der Waals surface area contributed by atoms with Crippen molar-refractivity contribution in [3.8, 4) is 0 Å². The molecule has 0 unspecified atom stereocenters. The molecule has 2 aliphatic heterocycles. The Morgan fingerprint density at radius 2 is 2.07 bits per heavy atom. The van der Waals surface area contributed by atoms with Gasteiger partial charge in [0, 0.05) is 42.3 Å². The minimum absolute atomic E-state index is 0.102. The molecule has 2 fully saturated rings. The van der Waals surface area contributed by atoms with Gasteiger partial charge in [0.1, 0.15) is 0 Å². The van der Waals surface area contributed by atoms with Crippen LogP contribution in [-0.2, 0) is 11.3 Å². The average Bonchev–Trinajstić information content (AvgIpc) is 3.07. The second kappa shape index (κ2) is 7.80. The summed E-state index contributed by atoms with van der Waals surface area (Å²) in [4.78, 5) is 30.0. The van der Waals surface area contributed by atoms with Gasteiger partial charge in [-0.25, -0.2) is 4.79 Å². The first-order valence-corrected chi connectivity index (χ1v) is 9.91. The number of ether oxygens (including phenoxy) is 1. The monoisotopic (exact) mass is 381 g/mol. The molecule has 28 heavy (non-hydrogen) atoms. The smallest absolute Gasteiger partial charge is 0.317 e. The van der Waals surface area contributed by atoms with Crippen LogP contribution in [0.3, 0.4) is 0 Å². The molecule has 2 amide bonds. The van der Waals surface area contributed by atoms with E-state index in [9.17, 15) is 9.59 Å². The van der Waals surface area contributed by atoms with E-state index in [1.807, 2.05) is 43.0 Å². The van der Waals surface area contributed by atoms with Crippen LogP contribution in [0.4, 0.5) is 4.79 Å². The number of hydrogen-bond acceptors (Lipinski definition) is 3. The number of urea groups is 1. The predicted molar refractivity (Wildman–Crippen MR) is 107 cm³/mol. The van der Waals surface area contributed by atoms with Crippen LogP contribution >= 0.6 is 0 Å². The van der Waals surface area contributed by atoms with Gasteiger partial charge in [0.2, 0.25) is 0 Å². The van der Waals surface area contributed by atoms with E-state index in [-0.39, 0.29) is 30.1 Å². The third kappa shape index (κ3) is 3.56. The highest BCUT2D eigenvalue weighted by Crippen LogP contribution is 2.40. The molecule has 1 aromatic carbocycles. The Labute approximate surface area is 164 Å². The van der Waals surface area contributed by atoms with Gasteiger partial charge in [0.05, 0.1) is 13.2 Å². The number of nitrogens with zero attached hydrogens (tertiary/aromatic N) is 1. The van der Waals surface area contributed by atoms with Gasteiger partial charge in [-0.1, -0.05) is 30.3 Å². The Morgan fingerprint density at radius 1 is 1.29 bits per heavy atom. The van der Waals surface area contributed by atoms with E-state index in [4.69, 9.17) is 4.74 Å². The van der Waals surface area contributed by atoms with Gasteiger partial charge < -0.3 is 19.9 Å². The van der Waals surface area contributed by atoms with Gasteiger partial charge in [0.15, 0.2) is 0 Å². The quantitative estimate of drug-likeness (QED) is 0.858. The van der Waals surface area contributed by atoms with Crippen LogP contribution in [0.25, 0.3) is 0 Å². The van der Waals surface area contributed by atoms with Crippen molar-refractivity contribution in [1.29, 1.82) is 0 Å². The Kier molecular flexibility index (Phi) is 5.22. The summed E-state index contributed by atoms with van der Waals surface area (Å²) in [6, 6.07) is 12.4. The minimum Gasteiger partial charge on any atom is -0.381 e. The maximum absolute atomic E-state index is 13.0. The first-order valence-electron chi connectivity index (χ1n) is 9.91. The lowest BCUT2D eigenvalue weighted by Gasteiger charge is -2.32. The first-order chi connectivity index (χ1) is 13.5. The molecule has 2 aromatic rings. The van der Waals surface area contributed by atoms with Crippen LogP contribution in [0, 0.1) is 19.8 Å². The van der Waals surface area contributed by atoms with E-state index in [1.54, 1.807) is 0 Å². The predicted octanol–water partition coefficient (Wildman–Crippen LogP) is 2.71. The van der Waals surface area contributed by atoms with Crippen molar-refractivity contribution >= 4 is 6.03 Å². The van der Waals surface area contributed by atoms with Gasteiger partial charge in [-0.15, -0.1) is 0 Å². The lowest BCUT2D eigenvalue weighted by molar-refractivity contribution is 0.0261. The van der Waals surface area contributed by atoms with Crippen LogP contribution in [0.1, 0.15) is 34.7 Å². The first kappa shape index (κ1) is 18.7. The van der Waals surface area contributed by atoms with Gasteiger partial charge in [0.25, 0.3) is 5.56 Å². The molecular formula is C22H27N3O3. The largest absolute Gasteiger partial charge is 0.381 e. The molecule has 0 bridgehead atoms. The van der Waals surface area contributed by atoms with Crippen molar-refractivity contribution in [2.75, 3.05) is 19.8 Å². The highest BCUT2D eigenvalue weighted by Gasteiger charge is 2.45. The summed E-state index contributed by atoms with van der Waals surface area (Å²) in [7, 11) is 0. The third-order valence-electron chi connectivity index (χ3n) is 6.07. The number of aromatic amines is 1. The maximum Gasteiger partial charge on any atom is 0.317 e. The number of rotatable bonds is 3. The summed E-state index contributed by atoms with van der Waals surface area (Å²) in [5.74, 6) is 0.591. The number of aromatic nitrogens is 1. The molecule has 3 heterocycles. The summed E-state index contributed by atoms with van der Waals surface area (Å²) in [5, 5.41) is 2.97. The van der Waals surface area contributed by atoms with Crippen LogP contribution in [0.15, 0.2) is 41.2 Å². The molecular weight excluding hydrogens is 354 g/mol. The van der Waals surface area contributed by atoms with Gasteiger partial charge in [-0.2, -0.15) is 0 Å². The summed E-state index contributed by atoms with van der Waals surface area (Å²) >= 11 is 0. The van der Waals surface area contributed by atoms with E-state index >= 15 is 0 Å². The number of benzene rings is 1. The number of carbonyl (C=O) groups excluding carboxylic acids is 1. The molecule has 0 aliphatic carbocycles. The van der Waals surface area contributed by atoms with Crippen molar-refractivity contribution < 1.29 is 9.53 Å². The number of carbonyl (C=O) groups is 1. The van der Waals surface area contributed by atoms with E-state index in [2.05, 4.69) is 22.4 Å². The van der Waals surface area contributed by atoms with E-state index < -0.39 is 0 Å². The number of hydrogen-bond donors (Lipinski definition) is 2.